The first-order valence-electron chi connectivity index (χ1n) is 10.3. The number of ether oxygens (including phenoxy) is 1. The Hall–Kier alpha value is -2.57. The molecule has 2 aromatic carbocycles. The molecule has 4 rings (SSSR count). The van der Waals surface area contributed by atoms with E-state index in [1.54, 1.807) is 11.0 Å². The van der Waals surface area contributed by atoms with Gasteiger partial charge in [-0.1, -0.05) is 23.7 Å². The quantitative estimate of drug-likeness (QED) is 0.754. The number of para-hydroxylation sites is 1. The molecule has 0 spiro atoms. The Morgan fingerprint density at radius 3 is 2.60 bits per heavy atom. The topological polar surface area (TPSA) is 61.9 Å². The average molecular weight is 428 g/mol. The largest absolute Gasteiger partial charge is 0.378 e. The van der Waals surface area contributed by atoms with Crippen LogP contribution < -0.4 is 15.1 Å². The number of hydrogen-bond donors (Lipinski definition) is 1. The Bertz CT molecular complexity index is 972. The number of halogens is 1. The summed E-state index contributed by atoms with van der Waals surface area (Å²) in [7, 11) is 0. The Morgan fingerprint density at radius 1 is 1.10 bits per heavy atom. The van der Waals surface area contributed by atoms with Gasteiger partial charge in [0.1, 0.15) is 5.92 Å². The normalized spacial score (nSPS) is 19.3. The molecule has 1 atom stereocenters. The van der Waals surface area contributed by atoms with Crippen LogP contribution in [-0.4, -0.2) is 44.7 Å². The number of rotatable bonds is 4. The predicted octanol–water partition coefficient (Wildman–Crippen LogP) is 3.79. The van der Waals surface area contributed by atoms with E-state index in [2.05, 4.69) is 10.2 Å². The molecule has 1 N–H and O–H groups in total. The molecule has 0 aromatic heterocycles. The number of aryl methyl sites for hydroxylation is 2. The maximum Gasteiger partial charge on any atom is 0.239 e. The summed E-state index contributed by atoms with van der Waals surface area (Å²) in [6, 6.07) is 11.4. The molecule has 0 radical (unpaired) electrons. The van der Waals surface area contributed by atoms with E-state index < -0.39 is 5.92 Å². The van der Waals surface area contributed by atoms with Crippen LogP contribution in [0.25, 0.3) is 0 Å². The molecule has 6 nitrogen and oxygen atoms in total. The average Bonchev–Trinajstić information content (AvgIpc) is 3.12. The molecular formula is C23H26ClN3O3. The fourth-order valence-electron chi connectivity index (χ4n) is 4.02. The number of carbonyl (C=O) groups is 2. The van der Waals surface area contributed by atoms with E-state index in [0.717, 1.165) is 16.9 Å². The highest BCUT2D eigenvalue weighted by atomic mass is 35.5. The summed E-state index contributed by atoms with van der Waals surface area (Å²) in [4.78, 5) is 29.8. The van der Waals surface area contributed by atoms with Crippen LogP contribution in [0.2, 0.25) is 5.02 Å². The van der Waals surface area contributed by atoms with Gasteiger partial charge in [0.05, 0.1) is 29.6 Å². The smallest absolute Gasteiger partial charge is 0.239 e. The molecule has 1 unspecified atom stereocenters. The van der Waals surface area contributed by atoms with Crippen LogP contribution in [-0.2, 0) is 14.3 Å². The summed E-state index contributed by atoms with van der Waals surface area (Å²) < 4.78 is 5.42. The van der Waals surface area contributed by atoms with E-state index >= 15 is 0 Å². The Labute approximate surface area is 181 Å². The maximum absolute atomic E-state index is 13.0. The van der Waals surface area contributed by atoms with Gasteiger partial charge in [-0.25, -0.2) is 0 Å². The maximum atomic E-state index is 13.0. The Balaban J connectivity index is 1.51. The first kappa shape index (κ1) is 20.7. The van der Waals surface area contributed by atoms with Crippen LogP contribution >= 0.6 is 11.6 Å². The number of carbonyl (C=O) groups excluding carboxylic acids is 2. The Morgan fingerprint density at radius 2 is 1.87 bits per heavy atom. The molecule has 7 heteroatoms. The second kappa shape index (κ2) is 8.66. The third-order valence-corrected chi connectivity index (χ3v) is 6.20. The molecule has 2 saturated heterocycles. The standard InChI is InChI=1S/C23H26ClN3O3/c1-15-6-7-17(14-16(15)2)27-9-8-18(23(27)29)22(28)25-20-5-3-4-19(24)21(20)26-10-12-30-13-11-26/h3-7,14,18H,8-13H2,1-2H3,(H,25,28). The highest BCUT2D eigenvalue weighted by Crippen LogP contribution is 2.35. The van der Waals surface area contributed by atoms with Crippen molar-refractivity contribution in [3.05, 3.63) is 52.5 Å². The summed E-state index contributed by atoms with van der Waals surface area (Å²) in [5, 5.41) is 3.53. The zero-order valence-corrected chi connectivity index (χ0v) is 18.0. The van der Waals surface area contributed by atoms with Crippen molar-refractivity contribution < 1.29 is 14.3 Å². The number of nitrogens with zero attached hydrogens (tertiary/aromatic N) is 2. The Kier molecular flexibility index (Phi) is 5.97. The van der Waals surface area contributed by atoms with Crippen LogP contribution in [0, 0.1) is 19.8 Å². The van der Waals surface area contributed by atoms with Crippen molar-refractivity contribution in [3.8, 4) is 0 Å². The van der Waals surface area contributed by atoms with Crippen LogP contribution in [0.15, 0.2) is 36.4 Å². The van der Waals surface area contributed by atoms with Crippen molar-refractivity contribution in [3.63, 3.8) is 0 Å². The monoisotopic (exact) mass is 427 g/mol. The van der Waals surface area contributed by atoms with Gasteiger partial charge in [0, 0.05) is 25.3 Å². The van der Waals surface area contributed by atoms with Crippen molar-refractivity contribution >= 4 is 40.5 Å². The van der Waals surface area contributed by atoms with Crippen LogP contribution in [0.1, 0.15) is 17.5 Å². The molecule has 30 heavy (non-hydrogen) atoms. The van der Waals surface area contributed by atoms with E-state index in [1.807, 2.05) is 44.2 Å². The highest BCUT2D eigenvalue weighted by Gasteiger charge is 2.38. The summed E-state index contributed by atoms with van der Waals surface area (Å²) >= 11 is 6.46. The summed E-state index contributed by atoms with van der Waals surface area (Å²) in [6.07, 6.45) is 0.491. The number of morpholine rings is 1. The fraction of sp³-hybridized carbons (Fsp3) is 0.391. The lowest BCUT2D eigenvalue weighted by Crippen LogP contribution is -2.37. The van der Waals surface area contributed by atoms with Gasteiger partial charge >= 0.3 is 0 Å². The number of amides is 2. The minimum Gasteiger partial charge on any atom is -0.378 e. The van der Waals surface area contributed by atoms with Crippen molar-refractivity contribution in [1.29, 1.82) is 0 Å². The molecule has 2 aromatic rings. The number of benzene rings is 2. The molecule has 2 heterocycles. The molecule has 0 bridgehead atoms. The molecule has 2 aliphatic heterocycles. The first-order valence-corrected chi connectivity index (χ1v) is 10.6. The van der Waals surface area contributed by atoms with Gasteiger partial charge in [-0.05, 0) is 55.7 Å². The minimum atomic E-state index is -0.705. The van der Waals surface area contributed by atoms with Gasteiger partial charge in [-0.15, -0.1) is 0 Å². The van der Waals surface area contributed by atoms with Gasteiger partial charge in [-0.2, -0.15) is 0 Å². The van der Waals surface area contributed by atoms with Crippen molar-refractivity contribution in [2.45, 2.75) is 20.3 Å². The van der Waals surface area contributed by atoms with Gasteiger partial charge in [0.15, 0.2) is 0 Å². The van der Waals surface area contributed by atoms with Crippen molar-refractivity contribution in [1.82, 2.24) is 0 Å². The van der Waals surface area contributed by atoms with Gasteiger partial charge in [-0.3, -0.25) is 9.59 Å². The summed E-state index contributed by atoms with van der Waals surface area (Å²) in [5.74, 6) is -1.16. The summed E-state index contributed by atoms with van der Waals surface area (Å²) in [5.41, 5.74) is 4.56. The molecule has 0 saturated carbocycles. The van der Waals surface area contributed by atoms with Crippen molar-refractivity contribution in [2.24, 2.45) is 5.92 Å². The number of anilines is 3. The minimum absolute atomic E-state index is 0.161. The van der Waals surface area contributed by atoms with Crippen LogP contribution in [0.4, 0.5) is 17.1 Å². The second-order valence-corrected chi connectivity index (χ2v) is 8.23. The molecule has 0 aliphatic carbocycles. The SMILES string of the molecule is Cc1ccc(N2CCC(C(=O)Nc3cccc(Cl)c3N3CCOCC3)C2=O)cc1C. The predicted molar refractivity (Wildman–Crippen MR) is 119 cm³/mol. The van der Waals surface area contributed by atoms with E-state index in [0.29, 0.717) is 50.0 Å². The third-order valence-electron chi connectivity index (χ3n) is 5.90. The number of hydrogen-bond acceptors (Lipinski definition) is 4. The molecular weight excluding hydrogens is 402 g/mol. The van der Waals surface area contributed by atoms with Gasteiger partial charge in [0.25, 0.3) is 0 Å². The first-order chi connectivity index (χ1) is 14.5. The van der Waals surface area contributed by atoms with E-state index in [1.165, 1.54) is 5.56 Å². The molecule has 2 fully saturated rings. The second-order valence-electron chi connectivity index (χ2n) is 7.82. The fourth-order valence-corrected chi connectivity index (χ4v) is 4.31. The highest BCUT2D eigenvalue weighted by molar-refractivity contribution is 6.34. The number of nitrogens with one attached hydrogen (secondary N) is 1. The van der Waals surface area contributed by atoms with Crippen LogP contribution in [0.3, 0.4) is 0 Å². The van der Waals surface area contributed by atoms with Crippen LogP contribution in [0.5, 0.6) is 0 Å². The molecule has 2 amide bonds. The molecule has 158 valence electrons. The lowest BCUT2D eigenvalue weighted by Gasteiger charge is -2.31. The lowest BCUT2D eigenvalue weighted by molar-refractivity contribution is -0.129. The van der Waals surface area contributed by atoms with E-state index in [4.69, 9.17) is 16.3 Å². The zero-order valence-electron chi connectivity index (χ0n) is 17.3. The molecule has 2 aliphatic rings. The van der Waals surface area contributed by atoms with Crippen molar-refractivity contribution in [2.75, 3.05) is 48.0 Å². The van der Waals surface area contributed by atoms with Gasteiger partial charge < -0.3 is 19.9 Å². The zero-order chi connectivity index (χ0) is 21.3. The third kappa shape index (κ3) is 4.02. The lowest BCUT2D eigenvalue weighted by atomic mass is 10.1. The summed E-state index contributed by atoms with van der Waals surface area (Å²) in [6.45, 7) is 7.24. The van der Waals surface area contributed by atoms with E-state index in [-0.39, 0.29) is 11.8 Å². The van der Waals surface area contributed by atoms with Gasteiger partial charge in [0.2, 0.25) is 11.8 Å². The van der Waals surface area contributed by atoms with E-state index in [9.17, 15) is 9.59 Å².